The molecular formula is C16H17ClN2O. The standard InChI is InChI=1S/C16H17ClN2O/c1-14(2)13(11-5-7-12(17)8-6-11)16(9-18,10-19)15(14,3)20-4/h5-8,13H,1-4H3/t13-,15+/m1/s1. The highest BCUT2D eigenvalue weighted by Crippen LogP contribution is 2.71. The average molecular weight is 289 g/mol. The summed E-state index contributed by atoms with van der Waals surface area (Å²) in [6.45, 7) is 5.90. The molecule has 1 saturated carbocycles. The van der Waals surface area contributed by atoms with E-state index in [9.17, 15) is 10.5 Å². The summed E-state index contributed by atoms with van der Waals surface area (Å²) in [5, 5.41) is 19.9. The van der Waals surface area contributed by atoms with Crippen molar-refractivity contribution in [3.05, 3.63) is 34.9 Å². The Hall–Kier alpha value is -1.55. The molecule has 0 spiro atoms. The van der Waals surface area contributed by atoms with Crippen LogP contribution in [0.2, 0.25) is 5.02 Å². The molecule has 1 fully saturated rings. The lowest BCUT2D eigenvalue weighted by atomic mass is 9.37. The van der Waals surface area contributed by atoms with Crippen molar-refractivity contribution in [1.82, 2.24) is 0 Å². The van der Waals surface area contributed by atoms with Gasteiger partial charge in [-0.2, -0.15) is 10.5 Å². The lowest BCUT2D eigenvalue weighted by Gasteiger charge is -2.66. The van der Waals surface area contributed by atoms with Gasteiger partial charge in [-0.1, -0.05) is 37.6 Å². The highest BCUT2D eigenvalue weighted by Gasteiger charge is 2.76. The number of halogens is 1. The summed E-state index contributed by atoms with van der Waals surface area (Å²) < 4.78 is 5.59. The summed E-state index contributed by atoms with van der Waals surface area (Å²) in [5.74, 6) is -0.216. The van der Waals surface area contributed by atoms with E-state index < -0.39 is 11.0 Å². The molecule has 1 aromatic rings. The number of rotatable bonds is 2. The molecule has 4 heteroatoms. The number of nitrogens with zero attached hydrogens (tertiary/aromatic N) is 2. The Kier molecular flexibility index (Phi) is 3.33. The Labute approximate surface area is 124 Å². The van der Waals surface area contributed by atoms with Crippen molar-refractivity contribution in [2.24, 2.45) is 10.8 Å². The third kappa shape index (κ3) is 1.48. The molecule has 1 aliphatic carbocycles. The first-order chi connectivity index (χ1) is 9.30. The van der Waals surface area contributed by atoms with Gasteiger partial charge < -0.3 is 4.74 Å². The van der Waals surface area contributed by atoms with Gasteiger partial charge in [0.2, 0.25) is 0 Å². The molecule has 2 rings (SSSR count). The van der Waals surface area contributed by atoms with Crippen LogP contribution in [0.4, 0.5) is 0 Å². The van der Waals surface area contributed by atoms with Gasteiger partial charge in [0.05, 0.1) is 12.1 Å². The maximum Gasteiger partial charge on any atom is 0.180 e. The minimum Gasteiger partial charge on any atom is -0.375 e. The average Bonchev–Trinajstić information content (AvgIpc) is 2.44. The van der Waals surface area contributed by atoms with Gasteiger partial charge in [0, 0.05) is 23.5 Å². The van der Waals surface area contributed by atoms with E-state index >= 15 is 0 Å². The third-order valence-electron chi connectivity index (χ3n) is 5.10. The molecule has 0 radical (unpaired) electrons. The van der Waals surface area contributed by atoms with Crippen molar-refractivity contribution >= 4 is 11.6 Å². The van der Waals surface area contributed by atoms with E-state index in [4.69, 9.17) is 16.3 Å². The van der Waals surface area contributed by atoms with E-state index in [0.29, 0.717) is 5.02 Å². The molecule has 20 heavy (non-hydrogen) atoms. The molecule has 104 valence electrons. The normalized spacial score (nSPS) is 29.9. The fourth-order valence-corrected chi connectivity index (χ4v) is 3.76. The van der Waals surface area contributed by atoms with Crippen molar-refractivity contribution in [2.45, 2.75) is 32.3 Å². The summed E-state index contributed by atoms with van der Waals surface area (Å²) in [6, 6.07) is 11.7. The van der Waals surface area contributed by atoms with Crippen LogP contribution in [0.5, 0.6) is 0 Å². The third-order valence-corrected chi connectivity index (χ3v) is 5.35. The zero-order valence-corrected chi connectivity index (χ0v) is 12.8. The van der Waals surface area contributed by atoms with E-state index in [0.717, 1.165) is 5.56 Å². The van der Waals surface area contributed by atoms with Crippen LogP contribution in [0.15, 0.2) is 24.3 Å². The van der Waals surface area contributed by atoms with Crippen molar-refractivity contribution in [2.75, 3.05) is 7.11 Å². The second kappa shape index (κ2) is 4.48. The van der Waals surface area contributed by atoms with Crippen molar-refractivity contribution in [1.29, 1.82) is 10.5 Å². The predicted molar refractivity (Wildman–Crippen MR) is 77.0 cm³/mol. The van der Waals surface area contributed by atoms with Crippen molar-refractivity contribution in [3.8, 4) is 12.1 Å². The van der Waals surface area contributed by atoms with Gasteiger partial charge in [0.25, 0.3) is 0 Å². The zero-order chi connectivity index (χ0) is 15.2. The van der Waals surface area contributed by atoms with Crippen LogP contribution >= 0.6 is 11.6 Å². The second-order valence-electron chi connectivity index (χ2n) is 5.98. The van der Waals surface area contributed by atoms with Gasteiger partial charge in [-0.05, 0) is 24.6 Å². The van der Waals surface area contributed by atoms with Gasteiger partial charge in [0.1, 0.15) is 5.60 Å². The van der Waals surface area contributed by atoms with Gasteiger partial charge in [-0.3, -0.25) is 0 Å². The molecule has 0 aromatic heterocycles. The molecule has 0 aliphatic heterocycles. The first-order valence-corrected chi connectivity index (χ1v) is 6.81. The topological polar surface area (TPSA) is 56.8 Å². The molecule has 0 amide bonds. The monoisotopic (exact) mass is 288 g/mol. The summed E-state index contributed by atoms with van der Waals surface area (Å²) in [7, 11) is 1.56. The van der Waals surface area contributed by atoms with Crippen LogP contribution < -0.4 is 0 Å². The number of nitriles is 2. The Bertz CT molecular complexity index is 595. The molecule has 1 aromatic carbocycles. The van der Waals surface area contributed by atoms with Crippen LogP contribution in [-0.4, -0.2) is 12.7 Å². The van der Waals surface area contributed by atoms with Gasteiger partial charge in [0.15, 0.2) is 5.41 Å². The number of hydrogen-bond donors (Lipinski definition) is 0. The maximum atomic E-state index is 9.64. The summed E-state index contributed by atoms with van der Waals surface area (Å²) in [4.78, 5) is 0. The largest absolute Gasteiger partial charge is 0.375 e. The summed E-state index contributed by atoms with van der Waals surface area (Å²) in [5.41, 5.74) is -1.40. The molecule has 2 atom stereocenters. The number of benzene rings is 1. The fraction of sp³-hybridized carbons (Fsp3) is 0.500. The minimum atomic E-state index is -1.20. The summed E-state index contributed by atoms with van der Waals surface area (Å²) in [6.07, 6.45) is 0. The van der Waals surface area contributed by atoms with Crippen molar-refractivity contribution < 1.29 is 4.74 Å². The molecule has 0 heterocycles. The minimum absolute atomic E-state index is 0.216. The Morgan fingerprint density at radius 1 is 1.10 bits per heavy atom. The van der Waals surface area contributed by atoms with Crippen LogP contribution in [0, 0.1) is 33.5 Å². The Morgan fingerprint density at radius 3 is 2.00 bits per heavy atom. The predicted octanol–water partition coefficient (Wildman–Crippen LogP) is 3.90. The fourth-order valence-electron chi connectivity index (χ4n) is 3.64. The highest BCUT2D eigenvalue weighted by atomic mass is 35.5. The van der Waals surface area contributed by atoms with Crippen LogP contribution in [0.1, 0.15) is 32.3 Å². The quantitative estimate of drug-likeness (QED) is 0.829. The van der Waals surface area contributed by atoms with E-state index in [-0.39, 0.29) is 11.3 Å². The lowest BCUT2D eigenvalue weighted by molar-refractivity contribution is -0.237. The highest BCUT2D eigenvalue weighted by molar-refractivity contribution is 6.30. The smallest absolute Gasteiger partial charge is 0.180 e. The van der Waals surface area contributed by atoms with Gasteiger partial charge >= 0.3 is 0 Å². The maximum absolute atomic E-state index is 9.64. The SMILES string of the molecule is CO[C@@]1(C)C(C)(C)[C@@H](c2ccc(Cl)cc2)C1(C#N)C#N. The molecule has 0 bridgehead atoms. The molecule has 3 nitrogen and oxygen atoms in total. The van der Waals surface area contributed by atoms with E-state index in [1.54, 1.807) is 19.2 Å². The van der Waals surface area contributed by atoms with E-state index in [2.05, 4.69) is 12.1 Å². The first kappa shape index (κ1) is 14.9. The molecule has 1 aliphatic rings. The van der Waals surface area contributed by atoms with Crippen LogP contribution in [0.3, 0.4) is 0 Å². The molecule has 0 unspecified atom stereocenters. The number of methoxy groups -OCH3 is 1. The second-order valence-corrected chi connectivity index (χ2v) is 6.41. The molecule has 0 saturated heterocycles. The molecular weight excluding hydrogens is 272 g/mol. The van der Waals surface area contributed by atoms with E-state index in [1.807, 2.05) is 32.9 Å². The Balaban J connectivity index is 2.61. The zero-order valence-electron chi connectivity index (χ0n) is 12.1. The van der Waals surface area contributed by atoms with Gasteiger partial charge in [-0.25, -0.2) is 0 Å². The first-order valence-electron chi connectivity index (χ1n) is 6.44. The van der Waals surface area contributed by atoms with Crippen molar-refractivity contribution in [3.63, 3.8) is 0 Å². The number of ether oxygens (including phenoxy) is 1. The molecule has 0 N–H and O–H groups in total. The summed E-state index contributed by atoms with van der Waals surface area (Å²) >= 11 is 5.92. The van der Waals surface area contributed by atoms with Crippen LogP contribution in [0.25, 0.3) is 0 Å². The van der Waals surface area contributed by atoms with E-state index in [1.165, 1.54) is 0 Å². The lowest BCUT2D eigenvalue weighted by Crippen LogP contribution is -2.72. The van der Waals surface area contributed by atoms with Gasteiger partial charge in [-0.15, -0.1) is 0 Å². The number of hydrogen-bond acceptors (Lipinski definition) is 3. The van der Waals surface area contributed by atoms with Crippen LogP contribution in [-0.2, 0) is 4.74 Å². The Morgan fingerprint density at radius 2 is 1.60 bits per heavy atom.